The van der Waals surface area contributed by atoms with Gasteiger partial charge in [-0.15, -0.1) is 5.10 Å². The van der Waals surface area contributed by atoms with Crippen LogP contribution in [0.5, 0.6) is 0 Å². The van der Waals surface area contributed by atoms with Gasteiger partial charge in [-0.3, -0.25) is 0 Å². The number of nitrogens with zero attached hydrogens (tertiary/aromatic N) is 2. The number of nitrogens with two attached hydrogens (primary N) is 1. The summed E-state index contributed by atoms with van der Waals surface area (Å²) in [5.74, 6) is 0.360. The molecule has 0 fully saturated rings. The van der Waals surface area contributed by atoms with Gasteiger partial charge in [0.2, 0.25) is 0 Å². The second kappa shape index (κ2) is 6.26. The topological polar surface area (TPSA) is 51.8 Å². The Hall–Kier alpha value is -1.26. The average molecular weight is 275 g/mol. The van der Waals surface area contributed by atoms with Crippen LogP contribution in [0.1, 0.15) is 60.8 Å². The van der Waals surface area contributed by atoms with Gasteiger partial charge < -0.3 is 5.73 Å². The van der Waals surface area contributed by atoms with Crippen molar-refractivity contribution in [1.29, 1.82) is 0 Å². The Morgan fingerprint density at radius 3 is 2.79 bits per heavy atom. The van der Waals surface area contributed by atoms with E-state index < -0.39 is 0 Å². The fourth-order valence-corrected chi connectivity index (χ4v) is 3.04. The number of rotatable bonds is 5. The van der Waals surface area contributed by atoms with Gasteiger partial charge in [0.1, 0.15) is 0 Å². The molecule has 0 spiro atoms. The lowest BCUT2D eigenvalue weighted by atomic mass is 9.98. The molecule has 0 aliphatic heterocycles. The Labute approximate surface area is 119 Å². The molecule has 0 amide bonds. The highest BCUT2D eigenvalue weighted by Gasteiger charge is 2.19. The number of aryl methyl sites for hydroxylation is 1. The van der Waals surface area contributed by atoms with E-state index in [-0.39, 0.29) is 6.04 Å². The molecule has 4 heteroatoms. The Balaban J connectivity index is 2.30. The minimum atomic E-state index is -0.116. The van der Waals surface area contributed by atoms with Crippen LogP contribution in [0.25, 0.3) is 0 Å². The predicted octanol–water partition coefficient (Wildman–Crippen LogP) is 3.66. The van der Waals surface area contributed by atoms with Crippen LogP contribution in [0.3, 0.4) is 0 Å². The predicted molar refractivity (Wildman–Crippen MR) is 80.5 cm³/mol. The molecule has 1 unspecified atom stereocenters. The van der Waals surface area contributed by atoms with Gasteiger partial charge in [-0.05, 0) is 35.0 Å². The van der Waals surface area contributed by atoms with Crippen molar-refractivity contribution in [1.82, 2.24) is 9.59 Å². The van der Waals surface area contributed by atoms with E-state index in [4.69, 9.17) is 5.73 Å². The van der Waals surface area contributed by atoms with Crippen LogP contribution >= 0.6 is 11.5 Å². The standard InChI is InChI=1S/C15H21N3S/c1-4-6-11-7-5-8-12(9-11)13(16)15-14(10(2)3)17-18-19-15/h5,7-10,13H,4,6,16H2,1-3H3. The smallest absolute Gasteiger partial charge is 0.0832 e. The van der Waals surface area contributed by atoms with E-state index in [0.717, 1.165) is 29.0 Å². The second-order valence-corrected chi connectivity index (χ2v) is 5.94. The normalized spacial score (nSPS) is 12.9. The summed E-state index contributed by atoms with van der Waals surface area (Å²) in [7, 11) is 0. The van der Waals surface area contributed by atoms with Crippen molar-refractivity contribution >= 4 is 11.5 Å². The zero-order valence-electron chi connectivity index (χ0n) is 11.8. The third kappa shape index (κ3) is 3.19. The summed E-state index contributed by atoms with van der Waals surface area (Å²) in [6.45, 7) is 6.44. The molecule has 1 aromatic heterocycles. The molecule has 0 bridgehead atoms. The summed E-state index contributed by atoms with van der Waals surface area (Å²) < 4.78 is 4.06. The van der Waals surface area contributed by atoms with Crippen molar-refractivity contribution < 1.29 is 0 Å². The molecular formula is C15H21N3S. The van der Waals surface area contributed by atoms with Crippen LogP contribution in [0, 0.1) is 0 Å². The minimum absolute atomic E-state index is 0.116. The summed E-state index contributed by atoms with van der Waals surface area (Å²) in [5.41, 5.74) is 9.92. The number of hydrogen-bond acceptors (Lipinski definition) is 4. The summed E-state index contributed by atoms with van der Waals surface area (Å²) >= 11 is 1.41. The van der Waals surface area contributed by atoms with E-state index in [9.17, 15) is 0 Å². The molecule has 1 atom stereocenters. The van der Waals surface area contributed by atoms with Crippen LogP contribution in [0.2, 0.25) is 0 Å². The fraction of sp³-hybridized carbons (Fsp3) is 0.467. The first-order valence-electron chi connectivity index (χ1n) is 6.80. The van der Waals surface area contributed by atoms with Gasteiger partial charge in [0.05, 0.1) is 16.6 Å². The lowest BCUT2D eigenvalue weighted by Gasteiger charge is -2.13. The molecule has 0 radical (unpaired) electrons. The molecule has 19 heavy (non-hydrogen) atoms. The van der Waals surface area contributed by atoms with Crippen LogP contribution < -0.4 is 5.73 Å². The molecule has 0 aliphatic rings. The van der Waals surface area contributed by atoms with E-state index in [2.05, 4.69) is 54.6 Å². The molecule has 0 saturated heterocycles. The Kier molecular flexibility index (Phi) is 4.66. The monoisotopic (exact) mass is 275 g/mol. The van der Waals surface area contributed by atoms with Crippen LogP contribution in [-0.2, 0) is 6.42 Å². The Morgan fingerprint density at radius 2 is 2.11 bits per heavy atom. The summed E-state index contributed by atoms with van der Waals surface area (Å²) in [5, 5.41) is 4.21. The lowest BCUT2D eigenvalue weighted by molar-refractivity contribution is 0.769. The van der Waals surface area contributed by atoms with Crippen LogP contribution in [0.4, 0.5) is 0 Å². The van der Waals surface area contributed by atoms with Gasteiger partial charge >= 0.3 is 0 Å². The van der Waals surface area contributed by atoms with Gasteiger partial charge in [0, 0.05) is 0 Å². The van der Waals surface area contributed by atoms with Gasteiger partial charge in [0.25, 0.3) is 0 Å². The van der Waals surface area contributed by atoms with Crippen molar-refractivity contribution in [3.63, 3.8) is 0 Å². The Morgan fingerprint density at radius 1 is 1.32 bits per heavy atom. The van der Waals surface area contributed by atoms with Crippen molar-refractivity contribution in [3.05, 3.63) is 46.0 Å². The first-order valence-corrected chi connectivity index (χ1v) is 7.57. The van der Waals surface area contributed by atoms with Gasteiger partial charge in [-0.25, -0.2) is 0 Å². The van der Waals surface area contributed by atoms with Crippen LogP contribution in [-0.4, -0.2) is 9.59 Å². The summed E-state index contributed by atoms with van der Waals surface area (Å²) in [6.07, 6.45) is 2.25. The maximum absolute atomic E-state index is 6.39. The molecular weight excluding hydrogens is 254 g/mol. The van der Waals surface area contributed by atoms with Crippen molar-refractivity contribution in [3.8, 4) is 0 Å². The van der Waals surface area contributed by atoms with E-state index in [1.54, 1.807) is 0 Å². The maximum atomic E-state index is 6.39. The molecule has 2 rings (SSSR count). The van der Waals surface area contributed by atoms with E-state index in [1.165, 1.54) is 17.1 Å². The molecule has 0 aliphatic carbocycles. The number of aromatic nitrogens is 2. The third-order valence-electron chi connectivity index (χ3n) is 3.22. The zero-order valence-corrected chi connectivity index (χ0v) is 12.6. The maximum Gasteiger partial charge on any atom is 0.0832 e. The second-order valence-electron chi connectivity index (χ2n) is 5.15. The molecule has 3 nitrogen and oxygen atoms in total. The quantitative estimate of drug-likeness (QED) is 0.906. The Bertz CT molecular complexity index is 534. The molecule has 102 valence electrons. The molecule has 0 saturated carbocycles. The van der Waals surface area contributed by atoms with E-state index >= 15 is 0 Å². The average Bonchev–Trinajstić information content (AvgIpc) is 2.88. The highest BCUT2D eigenvalue weighted by molar-refractivity contribution is 7.05. The summed E-state index contributed by atoms with van der Waals surface area (Å²) in [4.78, 5) is 1.09. The van der Waals surface area contributed by atoms with E-state index in [1.807, 2.05) is 0 Å². The highest BCUT2D eigenvalue weighted by Crippen LogP contribution is 2.29. The fourth-order valence-electron chi connectivity index (χ4n) is 2.20. The van der Waals surface area contributed by atoms with Crippen molar-refractivity contribution in [2.24, 2.45) is 5.73 Å². The molecule has 1 aromatic carbocycles. The van der Waals surface area contributed by atoms with E-state index in [0.29, 0.717) is 5.92 Å². The van der Waals surface area contributed by atoms with Gasteiger partial charge in [0.15, 0.2) is 0 Å². The largest absolute Gasteiger partial charge is 0.320 e. The molecule has 2 aromatic rings. The summed E-state index contributed by atoms with van der Waals surface area (Å²) in [6, 6.07) is 8.43. The minimum Gasteiger partial charge on any atom is -0.320 e. The first-order chi connectivity index (χ1) is 9.13. The molecule has 2 N–H and O–H groups in total. The molecule has 1 heterocycles. The first kappa shape index (κ1) is 14.2. The van der Waals surface area contributed by atoms with Gasteiger partial charge in [-0.1, -0.05) is 55.9 Å². The lowest BCUT2D eigenvalue weighted by Crippen LogP contribution is -2.13. The zero-order chi connectivity index (χ0) is 13.8. The van der Waals surface area contributed by atoms with Crippen molar-refractivity contribution in [2.75, 3.05) is 0 Å². The van der Waals surface area contributed by atoms with Crippen molar-refractivity contribution in [2.45, 2.75) is 45.6 Å². The van der Waals surface area contributed by atoms with Crippen LogP contribution in [0.15, 0.2) is 24.3 Å². The number of benzene rings is 1. The SMILES string of the molecule is CCCc1cccc(C(N)c2snnc2C(C)C)c1. The van der Waals surface area contributed by atoms with Gasteiger partial charge in [-0.2, -0.15) is 0 Å². The number of hydrogen-bond donors (Lipinski definition) is 1. The third-order valence-corrected chi connectivity index (χ3v) is 4.04. The highest BCUT2D eigenvalue weighted by atomic mass is 32.1.